The molecule has 3 atom stereocenters. The molecule has 0 spiro atoms. The zero-order chi connectivity index (χ0) is 14.7. The monoisotopic (exact) mass is 314 g/mol. The Balaban J connectivity index is 1.69. The van der Waals surface area contributed by atoms with Crippen molar-refractivity contribution in [2.45, 2.75) is 25.6 Å². The van der Waals surface area contributed by atoms with Crippen LogP contribution in [-0.2, 0) is 29.5 Å². The highest BCUT2D eigenvalue weighted by Gasteiger charge is 2.34. The Hall–Kier alpha value is -0.910. The van der Waals surface area contributed by atoms with Gasteiger partial charge in [0.25, 0.3) is 0 Å². The molecule has 6 nitrogen and oxygen atoms in total. The summed E-state index contributed by atoms with van der Waals surface area (Å²) < 4.78 is 39.0. The highest BCUT2D eigenvalue weighted by Crippen LogP contribution is 2.50. The second-order valence-electron chi connectivity index (χ2n) is 4.97. The minimum atomic E-state index is -3.63. The average Bonchev–Trinajstić information content (AvgIpc) is 3.35. The molecule has 3 unspecified atom stereocenters. The van der Waals surface area contributed by atoms with E-state index in [0.717, 1.165) is 18.6 Å². The van der Waals surface area contributed by atoms with Crippen LogP contribution in [0.5, 0.6) is 5.75 Å². The lowest BCUT2D eigenvalue weighted by Gasteiger charge is -2.19. The van der Waals surface area contributed by atoms with Gasteiger partial charge in [0.05, 0.1) is 32.5 Å². The summed E-state index contributed by atoms with van der Waals surface area (Å²) in [5, 5.41) is 0. The molecule has 7 heteroatoms. The van der Waals surface area contributed by atoms with Gasteiger partial charge in [-0.1, -0.05) is 18.2 Å². The number of phosphoric acid groups is 1. The first-order chi connectivity index (χ1) is 10.2. The lowest BCUT2D eigenvalue weighted by molar-refractivity contribution is 0.150. The highest BCUT2D eigenvalue weighted by atomic mass is 31.2. The Morgan fingerprint density at radius 3 is 2.57 bits per heavy atom. The zero-order valence-electron chi connectivity index (χ0n) is 11.9. The van der Waals surface area contributed by atoms with Crippen molar-refractivity contribution in [1.82, 2.24) is 0 Å². The molecule has 1 aromatic rings. The molecule has 0 bridgehead atoms. The zero-order valence-corrected chi connectivity index (χ0v) is 12.8. The smallest absolute Gasteiger partial charge is 0.404 e. The van der Waals surface area contributed by atoms with Crippen LogP contribution in [0.1, 0.15) is 12.5 Å². The van der Waals surface area contributed by atoms with E-state index < -0.39 is 7.82 Å². The predicted molar refractivity (Wildman–Crippen MR) is 75.4 cm³/mol. The molecule has 2 fully saturated rings. The summed E-state index contributed by atoms with van der Waals surface area (Å²) in [5.74, 6) is 0.515. The lowest BCUT2D eigenvalue weighted by Crippen LogP contribution is -2.08. The molecule has 0 aromatic heterocycles. The van der Waals surface area contributed by atoms with Gasteiger partial charge in [-0.05, 0) is 18.6 Å². The van der Waals surface area contributed by atoms with E-state index in [2.05, 4.69) is 0 Å². The number of ether oxygens (including phenoxy) is 2. The van der Waals surface area contributed by atoms with Crippen molar-refractivity contribution in [3.05, 3.63) is 29.8 Å². The number of rotatable bonds is 9. The maximum Gasteiger partial charge on any atom is 0.530 e. The van der Waals surface area contributed by atoms with Gasteiger partial charge in [-0.3, -0.25) is 9.05 Å². The van der Waals surface area contributed by atoms with E-state index in [4.69, 9.17) is 23.0 Å². The number of phosphoric ester groups is 1. The number of benzene rings is 1. The van der Waals surface area contributed by atoms with Crippen LogP contribution in [-0.4, -0.2) is 38.6 Å². The van der Waals surface area contributed by atoms with E-state index in [1.165, 1.54) is 0 Å². The van der Waals surface area contributed by atoms with Gasteiger partial charge in [0.1, 0.15) is 11.9 Å². The number of hydrogen-bond acceptors (Lipinski definition) is 6. The van der Waals surface area contributed by atoms with E-state index in [1.54, 1.807) is 13.0 Å². The van der Waals surface area contributed by atoms with Gasteiger partial charge in [0.2, 0.25) is 0 Å². The summed E-state index contributed by atoms with van der Waals surface area (Å²) in [5.41, 5.74) is 0.936. The average molecular weight is 314 g/mol. The SMILES string of the molecule is CCOP(=O)(OCC1CO1)Oc1ccccc1CC1CO1. The maximum atomic E-state index is 12.6. The fraction of sp³-hybridized carbons (Fsp3) is 0.571. The Morgan fingerprint density at radius 2 is 1.90 bits per heavy atom. The first-order valence-electron chi connectivity index (χ1n) is 7.08. The van der Waals surface area contributed by atoms with Crippen LogP contribution < -0.4 is 4.52 Å². The highest BCUT2D eigenvalue weighted by molar-refractivity contribution is 7.48. The van der Waals surface area contributed by atoms with Crippen LogP contribution in [0.2, 0.25) is 0 Å². The van der Waals surface area contributed by atoms with Crippen molar-refractivity contribution in [2.75, 3.05) is 26.4 Å². The van der Waals surface area contributed by atoms with E-state index >= 15 is 0 Å². The third-order valence-corrected chi connectivity index (χ3v) is 4.60. The molecule has 2 aliphatic rings. The molecular weight excluding hydrogens is 295 g/mol. The van der Waals surface area contributed by atoms with Crippen LogP contribution in [0.4, 0.5) is 0 Å². The Bertz CT molecular complexity index is 526. The first kappa shape index (κ1) is 15.0. The van der Waals surface area contributed by atoms with E-state index in [-0.39, 0.29) is 25.4 Å². The van der Waals surface area contributed by atoms with E-state index in [1.807, 2.05) is 18.2 Å². The molecule has 116 valence electrons. The summed E-state index contributed by atoms with van der Waals surface area (Å²) in [4.78, 5) is 0. The minimum Gasteiger partial charge on any atom is -0.404 e. The molecular formula is C14H19O6P. The molecule has 0 amide bonds. The molecule has 2 aliphatic heterocycles. The third kappa shape index (κ3) is 4.53. The molecule has 1 aromatic carbocycles. The van der Waals surface area contributed by atoms with Crippen molar-refractivity contribution in [3.63, 3.8) is 0 Å². The molecule has 0 radical (unpaired) electrons. The quantitative estimate of drug-likeness (QED) is 0.515. The third-order valence-electron chi connectivity index (χ3n) is 3.14. The standard InChI is InChI=1S/C14H19O6P/c1-2-18-21(15,19-10-13-9-17-13)20-14-6-4-3-5-11(14)7-12-8-16-12/h3-6,12-13H,2,7-10H2,1H3. The topological polar surface area (TPSA) is 69.8 Å². The van der Waals surface area contributed by atoms with Crippen molar-refractivity contribution in [3.8, 4) is 5.75 Å². The molecule has 0 saturated carbocycles. The molecule has 2 heterocycles. The molecule has 3 rings (SSSR count). The fourth-order valence-corrected chi connectivity index (χ4v) is 3.16. The number of para-hydroxylation sites is 1. The lowest BCUT2D eigenvalue weighted by atomic mass is 10.1. The van der Waals surface area contributed by atoms with Crippen LogP contribution in [0.3, 0.4) is 0 Å². The van der Waals surface area contributed by atoms with Gasteiger partial charge >= 0.3 is 7.82 Å². The van der Waals surface area contributed by atoms with Gasteiger partial charge < -0.3 is 14.0 Å². The summed E-state index contributed by atoms with van der Waals surface area (Å²) >= 11 is 0. The predicted octanol–water partition coefficient (Wildman–Crippen LogP) is 2.57. The second kappa shape index (κ2) is 6.46. The Kier molecular flexibility index (Phi) is 4.62. The van der Waals surface area contributed by atoms with Crippen LogP contribution >= 0.6 is 7.82 Å². The van der Waals surface area contributed by atoms with Crippen LogP contribution in [0.15, 0.2) is 24.3 Å². The van der Waals surface area contributed by atoms with Crippen molar-refractivity contribution in [2.24, 2.45) is 0 Å². The van der Waals surface area contributed by atoms with E-state index in [0.29, 0.717) is 12.4 Å². The van der Waals surface area contributed by atoms with Crippen LogP contribution in [0, 0.1) is 0 Å². The van der Waals surface area contributed by atoms with Crippen molar-refractivity contribution in [1.29, 1.82) is 0 Å². The summed E-state index contributed by atoms with van der Waals surface area (Å²) in [6.07, 6.45) is 0.952. The Labute approximate surface area is 123 Å². The summed E-state index contributed by atoms with van der Waals surface area (Å²) in [6, 6.07) is 7.43. The van der Waals surface area contributed by atoms with Gasteiger partial charge in [0, 0.05) is 6.42 Å². The number of hydrogen-bond donors (Lipinski definition) is 0. The van der Waals surface area contributed by atoms with Crippen molar-refractivity contribution >= 4 is 7.82 Å². The summed E-state index contributed by atoms with van der Waals surface area (Å²) in [7, 11) is -3.63. The molecule has 0 N–H and O–H groups in total. The van der Waals surface area contributed by atoms with Gasteiger partial charge in [0.15, 0.2) is 0 Å². The minimum absolute atomic E-state index is 0.00233. The first-order valence-corrected chi connectivity index (χ1v) is 8.54. The van der Waals surface area contributed by atoms with Crippen LogP contribution in [0.25, 0.3) is 0 Å². The normalized spacial score (nSPS) is 26.1. The number of epoxide rings is 2. The summed E-state index contributed by atoms with van der Waals surface area (Å²) in [6.45, 7) is 3.59. The molecule has 21 heavy (non-hydrogen) atoms. The largest absolute Gasteiger partial charge is 0.530 e. The van der Waals surface area contributed by atoms with Gasteiger partial charge in [-0.25, -0.2) is 4.57 Å². The maximum absolute atomic E-state index is 12.6. The van der Waals surface area contributed by atoms with Gasteiger partial charge in [-0.15, -0.1) is 0 Å². The molecule has 2 saturated heterocycles. The van der Waals surface area contributed by atoms with Gasteiger partial charge in [-0.2, -0.15) is 0 Å². The fourth-order valence-electron chi connectivity index (χ4n) is 1.90. The molecule has 0 aliphatic carbocycles. The second-order valence-corrected chi connectivity index (χ2v) is 6.57. The Morgan fingerprint density at radius 1 is 1.19 bits per heavy atom. The van der Waals surface area contributed by atoms with E-state index in [9.17, 15) is 4.57 Å². The van der Waals surface area contributed by atoms with Crippen molar-refractivity contribution < 1.29 is 27.6 Å².